The van der Waals surface area contributed by atoms with E-state index < -0.39 is 0 Å². The molecule has 1 N–H and O–H groups in total. The van der Waals surface area contributed by atoms with Crippen molar-refractivity contribution >= 4 is 10.8 Å². The second-order valence-electron chi connectivity index (χ2n) is 6.29. The van der Waals surface area contributed by atoms with Gasteiger partial charge in [0.25, 0.3) is 0 Å². The lowest BCUT2D eigenvalue weighted by atomic mass is 9.95. The molecule has 0 atom stereocenters. The number of nitrogens with zero attached hydrogens (tertiary/aromatic N) is 1. The summed E-state index contributed by atoms with van der Waals surface area (Å²) in [5.41, 5.74) is 5.63. The average molecular weight is 329 g/mol. The van der Waals surface area contributed by atoms with E-state index in [-0.39, 0.29) is 6.61 Å². The summed E-state index contributed by atoms with van der Waals surface area (Å²) in [5.74, 6) is 0.654. The summed E-state index contributed by atoms with van der Waals surface area (Å²) in [4.78, 5) is 0. The van der Waals surface area contributed by atoms with Crippen LogP contribution in [0.25, 0.3) is 33.4 Å². The fourth-order valence-corrected chi connectivity index (χ4v) is 3.47. The number of aryl methyl sites for hydroxylation is 2. The summed E-state index contributed by atoms with van der Waals surface area (Å²) in [5, 5.41) is 16.6. The highest BCUT2D eigenvalue weighted by atomic mass is 16.5. The van der Waals surface area contributed by atoms with Gasteiger partial charge in [-0.3, -0.25) is 0 Å². The van der Waals surface area contributed by atoms with E-state index in [2.05, 4.69) is 23.4 Å². The number of aliphatic hydroxyl groups is 1. The van der Waals surface area contributed by atoms with Crippen LogP contribution in [0.1, 0.15) is 16.7 Å². The van der Waals surface area contributed by atoms with E-state index in [9.17, 15) is 5.11 Å². The molecule has 0 aliphatic heterocycles. The fourth-order valence-electron chi connectivity index (χ4n) is 3.47. The van der Waals surface area contributed by atoms with E-state index in [1.54, 1.807) is 0 Å². The molecule has 0 aliphatic rings. The lowest BCUT2D eigenvalue weighted by Gasteiger charge is -2.08. The molecule has 4 aromatic rings. The van der Waals surface area contributed by atoms with E-state index >= 15 is 0 Å². The van der Waals surface area contributed by atoms with Crippen LogP contribution < -0.4 is 0 Å². The molecular weight excluding hydrogens is 310 g/mol. The zero-order valence-electron chi connectivity index (χ0n) is 14.3. The summed E-state index contributed by atoms with van der Waals surface area (Å²) in [7, 11) is 0. The molecule has 0 unspecified atom stereocenters. The van der Waals surface area contributed by atoms with Gasteiger partial charge in [-0.25, -0.2) is 0 Å². The molecule has 0 bridgehead atoms. The minimum atomic E-state index is -0.120. The van der Waals surface area contributed by atoms with Gasteiger partial charge in [0.15, 0.2) is 5.76 Å². The number of hydrogen-bond donors (Lipinski definition) is 1. The Hall–Kier alpha value is -2.91. The van der Waals surface area contributed by atoms with Crippen LogP contribution in [-0.2, 0) is 6.61 Å². The normalized spacial score (nSPS) is 11.2. The molecule has 25 heavy (non-hydrogen) atoms. The van der Waals surface area contributed by atoms with E-state index in [0.717, 1.165) is 38.6 Å². The Balaban J connectivity index is 1.98. The van der Waals surface area contributed by atoms with Crippen molar-refractivity contribution in [2.45, 2.75) is 20.5 Å². The fraction of sp³-hybridized carbons (Fsp3) is 0.136. The zero-order chi connectivity index (χ0) is 17.4. The number of rotatable bonds is 3. The van der Waals surface area contributed by atoms with Gasteiger partial charge in [0.05, 0.1) is 12.2 Å². The van der Waals surface area contributed by atoms with Crippen molar-refractivity contribution in [2.24, 2.45) is 0 Å². The predicted octanol–water partition coefficient (Wildman–Crippen LogP) is 5.27. The maximum atomic E-state index is 10.1. The monoisotopic (exact) mass is 329 g/mol. The SMILES string of the molecule is Cc1cccc(C)c1-c1onc(-c2cccc3ccccc23)c1CO. The Bertz CT molecular complexity index is 1040. The standard InChI is InChI=1S/C22H19NO2/c1-14-7-5-8-15(2)20(14)22-19(13-24)21(23-25-22)18-12-6-10-16-9-3-4-11-17(16)18/h3-12,24H,13H2,1-2H3. The minimum absolute atomic E-state index is 0.120. The summed E-state index contributed by atoms with van der Waals surface area (Å²) in [6.07, 6.45) is 0. The third-order valence-electron chi connectivity index (χ3n) is 4.70. The molecule has 0 saturated heterocycles. The van der Waals surface area contributed by atoms with Gasteiger partial charge in [0.2, 0.25) is 0 Å². The van der Waals surface area contributed by atoms with Crippen LogP contribution in [0.15, 0.2) is 65.2 Å². The van der Waals surface area contributed by atoms with Gasteiger partial charge in [0, 0.05) is 11.1 Å². The summed E-state index contributed by atoms with van der Waals surface area (Å²) in [6, 6.07) is 20.4. The molecule has 3 aromatic carbocycles. The predicted molar refractivity (Wildman–Crippen MR) is 100 cm³/mol. The molecule has 3 heteroatoms. The molecule has 0 aliphatic carbocycles. The van der Waals surface area contributed by atoms with Crippen LogP contribution in [0.4, 0.5) is 0 Å². The second-order valence-corrected chi connectivity index (χ2v) is 6.29. The Morgan fingerprint density at radius 3 is 2.32 bits per heavy atom. The second kappa shape index (κ2) is 6.19. The Kier molecular flexibility index (Phi) is 3.86. The smallest absolute Gasteiger partial charge is 0.173 e. The van der Waals surface area contributed by atoms with Crippen LogP contribution >= 0.6 is 0 Å². The number of benzene rings is 3. The van der Waals surface area contributed by atoms with Crippen LogP contribution in [0.3, 0.4) is 0 Å². The Morgan fingerprint density at radius 1 is 0.880 bits per heavy atom. The summed E-state index contributed by atoms with van der Waals surface area (Å²) in [6.45, 7) is 3.97. The third-order valence-corrected chi connectivity index (χ3v) is 4.70. The van der Waals surface area contributed by atoms with Crippen molar-refractivity contribution in [2.75, 3.05) is 0 Å². The topological polar surface area (TPSA) is 46.3 Å². The van der Waals surface area contributed by atoms with Crippen molar-refractivity contribution in [3.8, 4) is 22.6 Å². The summed E-state index contributed by atoms with van der Waals surface area (Å²) >= 11 is 0. The van der Waals surface area contributed by atoms with Gasteiger partial charge < -0.3 is 9.63 Å². The highest BCUT2D eigenvalue weighted by molar-refractivity contribution is 5.97. The van der Waals surface area contributed by atoms with Crippen molar-refractivity contribution in [1.29, 1.82) is 0 Å². The van der Waals surface area contributed by atoms with Crippen LogP contribution in [0.2, 0.25) is 0 Å². The van der Waals surface area contributed by atoms with Gasteiger partial charge in [-0.1, -0.05) is 65.8 Å². The van der Waals surface area contributed by atoms with Gasteiger partial charge >= 0.3 is 0 Å². The first-order valence-corrected chi connectivity index (χ1v) is 8.35. The Labute approximate surface area is 146 Å². The molecule has 1 aromatic heterocycles. The molecule has 4 rings (SSSR count). The van der Waals surface area contributed by atoms with E-state index in [1.807, 2.05) is 56.3 Å². The summed E-state index contributed by atoms with van der Waals surface area (Å²) < 4.78 is 5.73. The first-order chi connectivity index (χ1) is 12.2. The number of aliphatic hydroxyl groups excluding tert-OH is 1. The van der Waals surface area contributed by atoms with Gasteiger partial charge in [0.1, 0.15) is 5.69 Å². The van der Waals surface area contributed by atoms with E-state index in [1.165, 1.54) is 0 Å². The largest absolute Gasteiger partial charge is 0.391 e. The third kappa shape index (κ3) is 2.53. The minimum Gasteiger partial charge on any atom is -0.391 e. The maximum absolute atomic E-state index is 10.1. The van der Waals surface area contributed by atoms with Gasteiger partial charge in [-0.15, -0.1) is 0 Å². The number of aromatic nitrogens is 1. The quantitative estimate of drug-likeness (QED) is 0.557. The number of hydrogen-bond acceptors (Lipinski definition) is 3. The maximum Gasteiger partial charge on any atom is 0.173 e. The Morgan fingerprint density at radius 2 is 1.56 bits per heavy atom. The first-order valence-electron chi connectivity index (χ1n) is 8.35. The molecule has 0 radical (unpaired) electrons. The lowest BCUT2D eigenvalue weighted by Crippen LogP contribution is -1.93. The van der Waals surface area contributed by atoms with Crippen LogP contribution in [0, 0.1) is 13.8 Å². The molecule has 0 spiro atoms. The van der Waals surface area contributed by atoms with Crippen molar-refractivity contribution in [3.05, 3.63) is 77.4 Å². The van der Waals surface area contributed by atoms with Crippen LogP contribution in [-0.4, -0.2) is 10.3 Å². The number of fused-ring (bicyclic) bond motifs is 1. The van der Waals surface area contributed by atoms with Crippen molar-refractivity contribution < 1.29 is 9.63 Å². The van der Waals surface area contributed by atoms with Gasteiger partial charge in [-0.05, 0) is 35.7 Å². The van der Waals surface area contributed by atoms with E-state index in [4.69, 9.17) is 4.52 Å². The van der Waals surface area contributed by atoms with E-state index in [0.29, 0.717) is 11.5 Å². The van der Waals surface area contributed by atoms with Crippen molar-refractivity contribution in [1.82, 2.24) is 5.16 Å². The van der Waals surface area contributed by atoms with Crippen LogP contribution in [0.5, 0.6) is 0 Å². The zero-order valence-corrected chi connectivity index (χ0v) is 14.3. The molecule has 0 amide bonds. The lowest BCUT2D eigenvalue weighted by molar-refractivity contribution is 0.281. The molecule has 0 fully saturated rings. The average Bonchev–Trinajstić information content (AvgIpc) is 3.04. The molecular formula is C22H19NO2. The molecule has 0 saturated carbocycles. The highest BCUT2D eigenvalue weighted by Crippen LogP contribution is 2.37. The van der Waals surface area contributed by atoms with Gasteiger partial charge in [-0.2, -0.15) is 0 Å². The van der Waals surface area contributed by atoms with Crippen molar-refractivity contribution in [3.63, 3.8) is 0 Å². The molecule has 124 valence electrons. The highest BCUT2D eigenvalue weighted by Gasteiger charge is 2.21. The molecule has 3 nitrogen and oxygen atoms in total. The molecule has 1 heterocycles. The first kappa shape index (κ1) is 15.6.